The van der Waals surface area contributed by atoms with Crippen molar-refractivity contribution in [2.45, 2.75) is 18.8 Å². The zero-order valence-corrected chi connectivity index (χ0v) is 12.1. The molecule has 110 valence electrons. The minimum atomic E-state index is -3.18. The highest BCUT2D eigenvalue weighted by Gasteiger charge is 2.31. The maximum atomic E-state index is 12.2. The van der Waals surface area contributed by atoms with E-state index in [2.05, 4.69) is 15.2 Å². The fraction of sp³-hybridized carbons (Fsp3) is 0.727. The number of sulfonamides is 1. The number of H-pyrrole nitrogens is 1. The van der Waals surface area contributed by atoms with Crippen LogP contribution >= 0.6 is 0 Å². The van der Waals surface area contributed by atoms with Crippen molar-refractivity contribution in [2.75, 3.05) is 32.4 Å². The van der Waals surface area contributed by atoms with E-state index in [9.17, 15) is 13.2 Å². The molecule has 1 aromatic heterocycles. The Kier molecular flexibility index (Phi) is 3.25. The smallest absolute Gasteiger partial charge is 0.293 e. The van der Waals surface area contributed by atoms with Gasteiger partial charge in [-0.05, 0) is 12.8 Å². The van der Waals surface area contributed by atoms with Crippen LogP contribution in [0.1, 0.15) is 35.2 Å². The van der Waals surface area contributed by atoms with Crippen molar-refractivity contribution in [2.24, 2.45) is 0 Å². The van der Waals surface area contributed by atoms with E-state index >= 15 is 0 Å². The van der Waals surface area contributed by atoms with Gasteiger partial charge in [-0.25, -0.2) is 13.4 Å². The van der Waals surface area contributed by atoms with Crippen molar-refractivity contribution in [3.8, 4) is 0 Å². The standard InChI is InChI=1S/C11H17N5O3S/c1-20(18,19)16-6-4-15(5-7-16)11(17)10-12-9(13-14-10)8-2-3-8/h8H,2-7H2,1H3,(H,12,13,14). The van der Waals surface area contributed by atoms with Crippen LogP contribution in [0.3, 0.4) is 0 Å². The van der Waals surface area contributed by atoms with Gasteiger partial charge in [0.2, 0.25) is 15.8 Å². The van der Waals surface area contributed by atoms with Crippen molar-refractivity contribution in [3.63, 3.8) is 0 Å². The van der Waals surface area contributed by atoms with Crippen LogP contribution in [0.25, 0.3) is 0 Å². The van der Waals surface area contributed by atoms with Crippen LogP contribution in [0.4, 0.5) is 0 Å². The summed E-state index contributed by atoms with van der Waals surface area (Å²) in [7, 11) is -3.18. The Morgan fingerprint density at radius 1 is 1.25 bits per heavy atom. The Balaban J connectivity index is 1.63. The van der Waals surface area contributed by atoms with E-state index in [-0.39, 0.29) is 11.7 Å². The molecule has 0 spiro atoms. The number of carbonyl (C=O) groups is 1. The average Bonchev–Trinajstić information content (AvgIpc) is 3.15. The fourth-order valence-electron chi connectivity index (χ4n) is 2.27. The lowest BCUT2D eigenvalue weighted by Gasteiger charge is -2.32. The molecule has 1 aliphatic carbocycles. The topological polar surface area (TPSA) is 99.3 Å². The molecule has 0 atom stereocenters. The Morgan fingerprint density at radius 2 is 1.90 bits per heavy atom. The largest absolute Gasteiger partial charge is 0.333 e. The third kappa shape index (κ3) is 2.68. The molecule has 0 bridgehead atoms. The third-order valence-electron chi connectivity index (χ3n) is 3.65. The van der Waals surface area contributed by atoms with Gasteiger partial charge in [-0.2, -0.15) is 4.31 Å². The molecule has 1 saturated carbocycles. The lowest BCUT2D eigenvalue weighted by atomic mass is 10.3. The van der Waals surface area contributed by atoms with Crippen molar-refractivity contribution in [3.05, 3.63) is 11.6 Å². The summed E-state index contributed by atoms with van der Waals surface area (Å²) >= 11 is 0. The Morgan fingerprint density at radius 3 is 2.45 bits per heavy atom. The quantitative estimate of drug-likeness (QED) is 0.803. The highest BCUT2D eigenvalue weighted by atomic mass is 32.2. The number of nitrogens with zero attached hydrogens (tertiary/aromatic N) is 4. The summed E-state index contributed by atoms with van der Waals surface area (Å²) in [5.74, 6) is 1.15. The number of hydrogen-bond acceptors (Lipinski definition) is 5. The van der Waals surface area contributed by atoms with Crippen molar-refractivity contribution in [1.82, 2.24) is 24.4 Å². The van der Waals surface area contributed by atoms with Crippen LogP contribution in [0.15, 0.2) is 0 Å². The molecule has 20 heavy (non-hydrogen) atoms. The van der Waals surface area contributed by atoms with Crippen LogP contribution in [0.2, 0.25) is 0 Å². The molecular formula is C11H17N5O3S. The van der Waals surface area contributed by atoms with Crippen molar-refractivity contribution >= 4 is 15.9 Å². The number of amides is 1. The molecule has 2 heterocycles. The molecule has 0 radical (unpaired) electrons. The normalized spacial score (nSPS) is 21.1. The molecular weight excluding hydrogens is 282 g/mol. The molecule has 3 rings (SSSR count). The molecule has 9 heteroatoms. The SMILES string of the molecule is CS(=O)(=O)N1CCN(C(=O)c2n[nH]c(C3CC3)n2)CC1. The van der Waals surface area contributed by atoms with Gasteiger partial charge in [-0.1, -0.05) is 0 Å². The molecule has 1 N–H and O–H groups in total. The highest BCUT2D eigenvalue weighted by Crippen LogP contribution is 2.37. The van der Waals surface area contributed by atoms with Gasteiger partial charge < -0.3 is 4.90 Å². The van der Waals surface area contributed by atoms with Gasteiger partial charge in [0, 0.05) is 32.1 Å². The van der Waals surface area contributed by atoms with Gasteiger partial charge in [0.15, 0.2) is 0 Å². The Labute approximate surface area is 117 Å². The first-order chi connectivity index (χ1) is 9.45. The van der Waals surface area contributed by atoms with E-state index in [1.165, 1.54) is 10.6 Å². The van der Waals surface area contributed by atoms with Gasteiger partial charge in [-0.15, -0.1) is 5.10 Å². The first-order valence-electron chi connectivity index (χ1n) is 6.62. The van der Waals surface area contributed by atoms with E-state index in [0.717, 1.165) is 18.7 Å². The van der Waals surface area contributed by atoms with Gasteiger partial charge >= 0.3 is 0 Å². The third-order valence-corrected chi connectivity index (χ3v) is 4.96. The summed E-state index contributed by atoms with van der Waals surface area (Å²) in [5, 5.41) is 6.77. The molecule has 0 aromatic carbocycles. The summed E-state index contributed by atoms with van der Waals surface area (Å²) in [6.07, 6.45) is 3.37. The van der Waals surface area contributed by atoms with Crippen LogP contribution in [-0.2, 0) is 10.0 Å². The van der Waals surface area contributed by atoms with E-state index in [1.54, 1.807) is 4.90 Å². The summed E-state index contributed by atoms with van der Waals surface area (Å²) in [6, 6.07) is 0. The lowest BCUT2D eigenvalue weighted by molar-refractivity contribution is 0.0686. The molecule has 8 nitrogen and oxygen atoms in total. The van der Waals surface area contributed by atoms with Crippen molar-refractivity contribution in [1.29, 1.82) is 0 Å². The van der Waals surface area contributed by atoms with E-state index in [4.69, 9.17) is 0 Å². The number of aromatic amines is 1. The Hall–Kier alpha value is -1.48. The number of piperazine rings is 1. The van der Waals surface area contributed by atoms with Crippen LogP contribution in [0.5, 0.6) is 0 Å². The Bertz CT molecular complexity index is 614. The van der Waals surface area contributed by atoms with Crippen LogP contribution in [-0.4, -0.2) is 71.1 Å². The summed E-state index contributed by atoms with van der Waals surface area (Å²) in [4.78, 5) is 18.0. The van der Waals surface area contributed by atoms with Crippen LogP contribution < -0.4 is 0 Å². The monoisotopic (exact) mass is 299 g/mol. The van der Waals surface area contributed by atoms with E-state index in [1.807, 2.05) is 0 Å². The maximum absolute atomic E-state index is 12.2. The van der Waals surface area contributed by atoms with Gasteiger partial charge in [0.25, 0.3) is 5.91 Å². The number of carbonyl (C=O) groups excluding carboxylic acids is 1. The number of nitrogens with one attached hydrogen (secondary N) is 1. The second-order valence-electron chi connectivity index (χ2n) is 5.27. The first-order valence-corrected chi connectivity index (χ1v) is 8.46. The number of rotatable bonds is 3. The number of hydrogen-bond donors (Lipinski definition) is 1. The molecule has 1 aromatic rings. The first kappa shape index (κ1) is 13.5. The summed E-state index contributed by atoms with van der Waals surface area (Å²) in [5.41, 5.74) is 0. The molecule has 2 fully saturated rings. The fourth-order valence-corrected chi connectivity index (χ4v) is 3.10. The average molecular weight is 299 g/mol. The van der Waals surface area contributed by atoms with Crippen LogP contribution in [0, 0.1) is 0 Å². The highest BCUT2D eigenvalue weighted by molar-refractivity contribution is 7.88. The van der Waals surface area contributed by atoms with Gasteiger partial charge in [0.05, 0.1) is 6.26 Å². The molecule has 2 aliphatic rings. The second-order valence-corrected chi connectivity index (χ2v) is 7.26. The zero-order valence-electron chi connectivity index (χ0n) is 11.2. The predicted octanol–water partition coefficient (Wildman–Crippen LogP) is -0.600. The van der Waals surface area contributed by atoms with Gasteiger partial charge in [0.1, 0.15) is 5.82 Å². The molecule has 1 saturated heterocycles. The van der Waals surface area contributed by atoms with Gasteiger partial charge in [-0.3, -0.25) is 9.89 Å². The summed E-state index contributed by atoms with van der Waals surface area (Å²) in [6.45, 7) is 1.40. The number of aromatic nitrogens is 3. The summed E-state index contributed by atoms with van der Waals surface area (Å²) < 4.78 is 24.2. The maximum Gasteiger partial charge on any atom is 0.293 e. The minimum absolute atomic E-state index is 0.180. The van der Waals surface area contributed by atoms with E-state index in [0.29, 0.717) is 32.1 Å². The predicted molar refractivity (Wildman–Crippen MR) is 70.7 cm³/mol. The minimum Gasteiger partial charge on any atom is -0.333 e. The lowest BCUT2D eigenvalue weighted by Crippen LogP contribution is -2.50. The zero-order chi connectivity index (χ0) is 14.3. The second kappa shape index (κ2) is 4.81. The van der Waals surface area contributed by atoms with Crippen molar-refractivity contribution < 1.29 is 13.2 Å². The van der Waals surface area contributed by atoms with E-state index < -0.39 is 10.0 Å². The molecule has 0 unspecified atom stereocenters. The molecule has 1 aliphatic heterocycles. The molecule has 1 amide bonds.